The van der Waals surface area contributed by atoms with Gasteiger partial charge in [0.25, 0.3) is 0 Å². The van der Waals surface area contributed by atoms with Crippen LogP contribution in [0.5, 0.6) is 5.75 Å². The molecule has 0 saturated carbocycles. The minimum Gasteiger partial charge on any atom is -0.492 e. The van der Waals surface area contributed by atoms with Gasteiger partial charge in [0.15, 0.2) is 0 Å². The molecule has 1 fully saturated rings. The second-order valence-electron chi connectivity index (χ2n) is 7.93. The Morgan fingerprint density at radius 3 is 2.57 bits per heavy atom. The van der Waals surface area contributed by atoms with Gasteiger partial charge in [-0.3, -0.25) is 9.69 Å². The highest BCUT2D eigenvalue weighted by atomic mass is 16.5. The van der Waals surface area contributed by atoms with Gasteiger partial charge in [-0.15, -0.1) is 0 Å². The lowest BCUT2D eigenvalue weighted by molar-refractivity contribution is -0.126. The fourth-order valence-electron chi connectivity index (χ4n) is 3.71. The quantitative estimate of drug-likeness (QED) is 0.738. The summed E-state index contributed by atoms with van der Waals surface area (Å²) in [5, 5.41) is 3.04. The molecular formula is C24H32N2O2. The Bertz CT molecular complexity index is 795. The minimum absolute atomic E-state index is 0.121. The fraction of sp³-hybridized carbons (Fsp3) is 0.458. The minimum atomic E-state index is 0.121. The van der Waals surface area contributed by atoms with Gasteiger partial charge < -0.3 is 10.1 Å². The third-order valence-electron chi connectivity index (χ3n) is 5.60. The number of ether oxygens (including phenoxy) is 1. The number of carbonyl (C=O) groups is 1. The van der Waals surface area contributed by atoms with Crippen molar-refractivity contribution in [3.63, 3.8) is 0 Å². The Balaban J connectivity index is 1.35. The average Bonchev–Trinajstić information content (AvgIpc) is 2.68. The maximum absolute atomic E-state index is 12.4. The summed E-state index contributed by atoms with van der Waals surface area (Å²) in [5.41, 5.74) is 5.13. The van der Waals surface area contributed by atoms with E-state index in [0.29, 0.717) is 13.2 Å². The van der Waals surface area contributed by atoms with Crippen LogP contribution < -0.4 is 10.1 Å². The molecular weight excluding hydrogens is 348 g/mol. The van der Waals surface area contributed by atoms with Gasteiger partial charge in [-0.1, -0.05) is 35.9 Å². The van der Waals surface area contributed by atoms with Crippen molar-refractivity contribution in [1.82, 2.24) is 10.2 Å². The van der Waals surface area contributed by atoms with Gasteiger partial charge in [0.1, 0.15) is 12.4 Å². The van der Waals surface area contributed by atoms with Gasteiger partial charge in [0.05, 0.1) is 6.54 Å². The molecule has 1 aliphatic heterocycles. The molecule has 1 amide bonds. The van der Waals surface area contributed by atoms with Crippen molar-refractivity contribution in [2.75, 3.05) is 26.2 Å². The second kappa shape index (κ2) is 9.74. The highest BCUT2D eigenvalue weighted by molar-refractivity contribution is 5.78. The molecule has 0 unspecified atom stereocenters. The first-order valence-electron chi connectivity index (χ1n) is 10.3. The molecule has 0 aromatic heterocycles. The lowest BCUT2D eigenvalue weighted by Crippen LogP contribution is -2.41. The molecule has 0 atom stereocenters. The highest BCUT2D eigenvalue weighted by Crippen LogP contribution is 2.20. The fourth-order valence-corrected chi connectivity index (χ4v) is 3.71. The van der Waals surface area contributed by atoms with Crippen LogP contribution in [0.3, 0.4) is 0 Å². The summed E-state index contributed by atoms with van der Waals surface area (Å²) in [6, 6.07) is 14.8. The van der Waals surface area contributed by atoms with Crippen molar-refractivity contribution in [3.05, 3.63) is 64.7 Å². The maximum Gasteiger partial charge on any atom is 0.223 e. The molecule has 1 heterocycles. The lowest BCUT2D eigenvalue weighted by atomic mass is 9.95. The summed E-state index contributed by atoms with van der Waals surface area (Å²) in [4.78, 5) is 14.9. The van der Waals surface area contributed by atoms with Crippen molar-refractivity contribution >= 4 is 5.91 Å². The van der Waals surface area contributed by atoms with Gasteiger partial charge >= 0.3 is 0 Å². The van der Waals surface area contributed by atoms with E-state index in [4.69, 9.17) is 4.74 Å². The van der Waals surface area contributed by atoms with Crippen LogP contribution in [0, 0.1) is 26.7 Å². The number of nitrogens with one attached hydrogen (secondary N) is 1. The van der Waals surface area contributed by atoms with Crippen molar-refractivity contribution < 1.29 is 9.53 Å². The molecule has 2 aromatic carbocycles. The molecule has 0 spiro atoms. The maximum atomic E-state index is 12.4. The van der Waals surface area contributed by atoms with Crippen molar-refractivity contribution in [2.24, 2.45) is 5.92 Å². The molecule has 0 aliphatic carbocycles. The average molecular weight is 381 g/mol. The monoisotopic (exact) mass is 380 g/mol. The van der Waals surface area contributed by atoms with Crippen molar-refractivity contribution in [3.8, 4) is 5.75 Å². The van der Waals surface area contributed by atoms with E-state index in [1.807, 2.05) is 12.1 Å². The lowest BCUT2D eigenvalue weighted by Gasteiger charge is -2.31. The van der Waals surface area contributed by atoms with E-state index in [9.17, 15) is 4.79 Å². The van der Waals surface area contributed by atoms with E-state index in [0.717, 1.165) is 38.2 Å². The summed E-state index contributed by atoms with van der Waals surface area (Å²) in [7, 11) is 0. The van der Waals surface area contributed by atoms with E-state index in [2.05, 4.69) is 61.3 Å². The summed E-state index contributed by atoms with van der Waals surface area (Å²) in [5.74, 6) is 1.15. The second-order valence-corrected chi connectivity index (χ2v) is 7.93. The molecule has 2 aromatic rings. The van der Waals surface area contributed by atoms with E-state index in [1.54, 1.807) is 0 Å². The summed E-state index contributed by atoms with van der Waals surface area (Å²) < 4.78 is 5.75. The first kappa shape index (κ1) is 20.4. The third-order valence-corrected chi connectivity index (χ3v) is 5.60. The third kappa shape index (κ3) is 5.83. The molecule has 1 aliphatic rings. The smallest absolute Gasteiger partial charge is 0.223 e. The standard InChI is InChI=1S/C24H32N2O2/c1-18-5-4-6-21(15-18)17-26-12-9-22(10-13-26)24(27)25-11-14-28-23-8-7-19(2)20(3)16-23/h4-8,15-16,22H,9-14,17H2,1-3H3,(H,25,27). The highest BCUT2D eigenvalue weighted by Gasteiger charge is 2.24. The number of rotatable bonds is 7. The molecule has 0 bridgehead atoms. The van der Waals surface area contributed by atoms with Gasteiger partial charge in [-0.25, -0.2) is 0 Å². The number of carbonyl (C=O) groups excluding carboxylic acids is 1. The Kier molecular flexibility index (Phi) is 7.10. The number of aryl methyl sites for hydroxylation is 3. The predicted molar refractivity (Wildman–Crippen MR) is 114 cm³/mol. The topological polar surface area (TPSA) is 41.6 Å². The van der Waals surface area contributed by atoms with Crippen LogP contribution in [0.4, 0.5) is 0 Å². The van der Waals surface area contributed by atoms with Gasteiger partial charge in [0, 0.05) is 12.5 Å². The van der Waals surface area contributed by atoms with Crippen LogP contribution >= 0.6 is 0 Å². The molecule has 3 rings (SSSR count). The number of piperidine rings is 1. The number of amides is 1. The normalized spacial score (nSPS) is 15.4. The van der Waals surface area contributed by atoms with Crippen molar-refractivity contribution in [1.29, 1.82) is 0 Å². The zero-order valence-electron chi connectivity index (χ0n) is 17.3. The zero-order valence-corrected chi connectivity index (χ0v) is 17.3. The number of likely N-dealkylation sites (tertiary alicyclic amines) is 1. The number of hydrogen-bond donors (Lipinski definition) is 1. The summed E-state index contributed by atoms with van der Waals surface area (Å²) >= 11 is 0. The largest absolute Gasteiger partial charge is 0.492 e. The SMILES string of the molecule is Cc1cccc(CN2CCC(C(=O)NCCOc3ccc(C)c(C)c3)CC2)c1. The predicted octanol–water partition coefficient (Wildman–Crippen LogP) is 4.02. The van der Waals surface area contributed by atoms with Gasteiger partial charge in [-0.05, 0) is 75.5 Å². The molecule has 150 valence electrons. The van der Waals surface area contributed by atoms with Gasteiger partial charge in [-0.2, -0.15) is 0 Å². The Morgan fingerprint density at radius 1 is 1.07 bits per heavy atom. The van der Waals surface area contributed by atoms with Crippen LogP contribution in [0.15, 0.2) is 42.5 Å². The van der Waals surface area contributed by atoms with Crippen LogP contribution in [-0.4, -0.2) is 37.0 Å². The Morgan fingerprint density at radius 2 is 1.86 bits per heavy atom. The van der Waals surface area contributed by atoms with E-state index in [1.165, 1.54) is 22.3 Å². The van der Waals surface area contributed by atoms with Crippen LogP contribution in [0.2, 0.25) is 0 Å². The number of hydrogen-bond acceptors (Lipinski definition) is 3. The molecule has 4 nitrogen and oxygen atoms in total. The number of benzene rings is 2. The van der Waals surface area contributed by atoms with E-state index >= 15 is 0 Å². The summed E-state index contributed by atoms with van der Waals surface area (Å²) in [6.07, 6.45) is 1.85. The molecule has 1 N–H and O–H groups in total. The van der Waals surface area contributed by atoms with Crippen LogP contribution in [0.1, 0.15) is 35.1 Å². The van der Waals surface area contributed by atoms with Gasteiger partial charge in [0.2, 0.25) is 5.91 Å². The first-order chi connectivity index (χ1) is 13.5. The zero-order chi connectivity index (χ0) is 19.9. The van der Waals surface area contributed by atoms with Crippen LogP contribution in [0.25, 0.3) is 0 Å². The van der Waals surface area contributed by atoms with Crippen molar-refractivity contribution in [2.45, 2.75) is 40.2 Å². The molecule has 28 heavy (non-hydrogen) atoms. The van der Waals surface area contributed by atoms with E-state index < -0.39 is 0 Å². The van der Waals surface area contributed by atoms with E-state index in [-0.39, 0.29) is 11.8 Å². The molecule has 4 heteroatoms. The molecule has 0 radical (unpaired) electrons. The Labute approximate surface area is 168 Å². The summed E-state index contributed by atoms with van der Waals surface area (Å²) in [6.45, 7) is 10.3. The van der Waals surface area contributed by atoms with Crippen LogP contribution in [-0.2, 0) is 11.3 Å². The number of nitrogens with zero attached hydrogens (tertiary/aromatic N) is 1. The first-order valence-corrected chi connectivity index (χ1v) is 10.3. The molecule has 1 saturated heterocycles. The Hall–Kier alpha value is -2.33.